The molecule has 0 saturated carbocycles. The summed E-state index contributed by atoms with van der Waals surface area (Å²) >= 11 is 0. The molecule has 40 heavy (non-hydrogen) atoms. The first kappa shape index (κ1) is 24.8. The van der Waals surface area contributed by atoms with Gasteiger partial charge in [-0.3, -0.25) is 24.1 Å². The highest BCUT2D eigenvalue weighted by molar-refractivity contribution is 6.16. The van der Waals surface area contributed by atoms with E-state index in [0.29, 0.717) is 35.2 Å². The first-order valence-electron chi connectivity index (χ1n) is 14.0. The van der Waals surface area contributed by atoms with Gasteiger partial charge in [0, 0.05) is 74.5 Å². The number of para-hydroxylation sites is 1. The van der Waals surface area contributed by atoms with Crippen molar-refractivity contribution in [2.45, 2.75) is 31.5 Å². The van der Waals surface area contributed by atoms with Gasteiger partial charge in [-0.2, -0.15) is 0 Å². The average molecular weight is 538 g/mol. The third kappa shape index (κ3) is 4.03. The summed E-state index contributed by atoms with van der Waals surface area (Å²) in [7, 11) is 0. The van der Waals surface area contributed by atoms with Gasteiger partial charge in [-0.1, -0.05) is 36.4 Å². The Balaban J connectivity index is 0.991. The Hall–Kier alpha value is -4.24. The van der Waals surface area contributed by atoms with Gasteiger partial charge < -0.3 is 19.7 Å². The van der Waals surface area contributed by atoms with E-state index in [9.17, 15) is 19.2 Å². The lowest BCUT2D eigenvalue weighted by Gasteiger charge is -2.42. The van der Waals surface area contributed by atoms with Crippen molar-refractivity contribution in [3.8, 4) is 0 Å². The molecule has 2 aromatic carbocycles. The lowest BCUT2D eigenvalue weighted by molar-refractivity contribution is -0.121. The van der Waals surface area contributed by atoms with Gasteiger partial charge in [0.1, 0.15) is 6.17 Å². The molecule has 0 aliphatic carbocycles. The van der Waals surface area contributed by atoms with Crippen LogP contribution in [0.1, 0.15) is 56.9 Å². The second-order valence-corrected chi connectivity index (χ2v) is 11.2. The number of likely N-dealkylation sites (tertiary alicyclic amines) is 1. The molecule has 3 unspecified atom stereocenters. The molecular weight excluding hydrogens is 506 g/mol. The van der Waals surface area contributed by atoms with Crippen molar-refractivity contribution in [1.29, 1.82) is 0 Å². The number of nitrogens with zero attached hydrogens (tertiary/aromatic N) is 4. The van der Waals surface area contributed by atoms with Crippen LogP contribution in [0.15, 0.2) is 71.5 Å². The quantitative estimate of drug-likeness (QED) is 0.522. The Morgan fingerprint density at radius 2 is 1.62 bits per heavy atom. The van der Waals surface area contributed by atoms with Crippen LogP contribution in [0.3, 0.4) is 0 Å². The number of benzene rings is 2. The summed E-state index contributed by atoms with van der Waals surface area (Å²) in [5.41, 5.74) is 3.65. The predicted molar refractivity (Wildman–Crippen MR) is 149 cm³/mol. The van der Waals surface area contributed by atoms with Gasteiger partial charge in [-0.25, -0.2) is 0 Å². The maximum absolute atomic E-state index is 13.5. The number of rotatable bonds is 6. The topological polar surface area (TPSA) is 95.0 Å². The van der Waals surface area contributed by atoms with Gasteiger partial charge in [0.15, 0.2) is 0 Å². The number of carbonyl (C=O) groups excluding carboxylic acids is 3. The predicted octanol–water partition coefficient (Wildman–Crippen LogP) is 2.59. The third-order valence-electron chi connectivity index (χ3n) is 8.77. The Morgan fingerprint density at radius 1 is 0.825 bits per heavy atom. The molecule has 7 rings (SSSR count). The Bertz CT molecular complexity index is 1580. The fourth-order valence-electron chi connectivity index (χ4n) is 7.04. The molecule has 0 radical (unpaired) electrons. The van der Waals surface area contributed by atoms with Crippen LogP contribution in [0.4, 0.5) is 5.69 Å². The Morgan fingerprint density at radius 3 is 2.50 bits per heavy atom. The minimum absolute atomic E-state index is 0.0807. The first-order valence-corrected chi connectivity index (χ1v) is 14.0. The molecule has 4 aliphatic heterocycles. The van der Waals surface area contributed by atoms with Crippen molar-refractivity contribution < 1.29 is 14.4 Å². The van der Waals surface area contributed by atoms with E-state index in [1.165, 1.54) is 0 Å². The van der Waals surface area contributed by atoms with Crippen molar-refractivity contribution in [3.05, 3.63) is 99.5 Å². The number of piperidine rings is 1. The molecule has 3 amide bonds. The van der Waals surface area contributed by atoms with Crippen molar-refractivity contribution >= 4 is 23.4 Å². The number of pyridine rings is 1. The van der Waals surface area contributed by atoms with E-state index in [-0.39, 0.29) is 36.2 Å². The maximum atomic E-state index is 13.5. The van der Waals surface area contributed by atoms with Gasteiger partial charge in [0.25, 0.3) is 17.4 Å². The number of hydrogen-bond donors (Lipinski definition) is 1. The van der Waals surface area contributed by atoms with Crippen LogP contribution in [-0.4, -0.2) is 64.8 Å². The Labute approximate surface area is 232 Å². The molecule has 1 saturated heterocycles. The highest BCUT2D eigenvalue weighted by atomic mass is 16.2. The minimum atomic E-state index is -0.554. The normalized spacial score (nSPS) is 22.9. The zero-order valence-electron chi connectivity index (χ0n) is 22.2. The van der Waals surface area contributed by atoms with E-state index in [1.807, 2.05) is 34.9 Å². The standard InChI is InChI=1S/C31H31N5O4/c37-27(32-13-15-33-17-20-16-21(19-33)25-10-5-11-28(38)35(25)18-20)12-14-34-29-22-6-1-2-7-23(22)31(40)36(29)26-9-4-3-8-24(26)30(34)39/h1-11,20-21,29H,12-19H2,(H,32,37). The second kappa shape index (κ2) is 9.75. The molecule has 3 atom stereocenters. The third-order valence-corrected chi connectivity index (χ3v) is 8.77. The monoisotopic (exact) mass is 537 g/mol. The first-order chi connectivity index (χ1) is 19.5. The van der Waals surface area contributed by atoms with E-state index in [0.717, 1.165) is 43.9 Å². The highest BCUT2D eigenvalue weighted by Gasteiger charge is 2.47. The number of aromatic nitrogens is 1. The van der Waals surface area contributed by atoms with Gasteiger partial charge in [0.2, 0.25) is 5.91 Å². The average Bonchev–Trinajstić information content (AvgIpc) is 3.26. The molecule has 2 bridgehead atoms. The molecule has 3 aromatic rings. The molecule has 5 heterocycles. The van der Waals surface area contributed by atoms with E-state index >= 15 is 0 Å². The molecule has 9 heteroatoms. The minimum Gasteiger partial charge on any atom is -0.355 e. The fraction of sp³-hybridized carbons (Fsp3) is 0.355. The summed E-state index contributed by atoms with van der Waals surface area (Å²) in [6.45, 7) is 4.02. The van der Waals surface area contributed by atoms with Crippen molar-refractivity contribution in [2.24, 2.45) is 5.92 Å². The molecular formula is C31H31N5O4. The summed E-state index contributed by atoms with van der Waals surface area (Å²) in [6, 6.07) is 20.1. The number of carbonyl (C=O) groups is 3. The molecule has 1 aromatic heterocycles. The van der Waals surface area contributed by atoms with Crippen LogP contribution in [0.2, 0.25) is 0 Å². The van der Waals surface area contributed by atoms with Gasteiger partial charge in [-0.15, -0.1) is 0 Å². The van der Waals surface area contributed by atoms with Crippen LogP contribution in [0.5, 0.6) is 0 Å². The van der Waals surface area contributed by atoms with Gasteiger partial charge in [-0.05, 0) is 36.6 Å². The molecule has 204 valence electrons. The number of amides is 3. The van der Waals surface area contributed by atoms with E-state index < -0.39 is 6.17 Å². The van der Waals surface area contributed by atoms with E-state index in [4.69, 9.17) is 0 Å². The van der Waals surface area contributed by atoms with Crippen LogP contribution < -0.4 is 15.8 Å². The molecule has 0 spiro atoms. The summed E-state index contributed by atoms with van der Waals surface area (Å²) in [6.07, 6.45) is 0.696. The number of fused-ring (bicyclic) bond motifs is 9. The fourth-order valence-corrected chi connectivity index (χ4v) is 7.04. The second-order valence-electron chi connectivity index (χ2n) is 11.2. The van der Waals surface area contributed by atoms with E-state index in [1.54, 1.807) is 40.1 Å². The van der Waals surface area contributed by atoms with Crippen LogP contribution in [0, 0.1) is 5.92 Å². The van der Waals surface area contributed by atoms with Crippen LogP contribution in [0.25, 0.3) is 0 Å². The van der Waals surface area contributed by atoms with E-state index in [2.05, 4.69) is 16.3 Å². The summed E-state index contributed by atoms with van der Waals surface area (Å²) in [4.78, 5) is 57.7. The lowest BCUT2D eigenvalue weighted by atomic mass is 9.83. The number of anilines is 1. The highest BCUT2D eigenvalue weighted by Crippen LogP contribution is 2.45. The molecule has 1 N–H and O–H groups in total. The molecule has 9 nitrogen and oxygen atoms in total. The van der Waals surface area contributed by atoms with Crippen molar-refractivity contribution in [3.63, 3.8) is 0 Å². The summed E-state index contributed by atoms with van der Waals surface area (Å²) in [5.74, 6) is 0.354. The summed E-state index contributed by atoms with van der Waals surface area (Å²) in [5, 5.41) is 3.03. The summed E-state index contributed by atoms with van der Waals surface area (Å²) < 4.78 is 1.93. The maximum Gasteiger partial charge on any atom is 0.260 e. The van der Waals surface area contributed by atoms with Crippen molar-refractivity contribution in [2.75, 3.05) is 37.6 Å². The largest absolute Gasteiger partial charge is 0.355 e. The Kier molecular flexibility index (Phi) is 6.04. The van der Waals surface area contributed by atoms with Crippen LogP contribution in [-0.2, 0) is 11.3 Å². The number of hydrogen-bond acceptors (Lipinski definition) is 5. The van der Waals surface area contributed by atoms with Gasteiger partial charge >= 0.3 is 0 Å². The zero-order chi connectivity index (χ0) is 27.4. The lowest BCUT2D eigenvalue weighted by Crippen LogP contribution is -2.50. The van der Waals surface area contributed by atoms with Gasteiger partial charge in [0.05, 0.1) is 11.3 Å². The molecule has 1 fully saturated rings. The molecule has 4 aliphatic rings. The van der Waals surface area contributed by atoms with Crippen LogP contribution >= 0.6 is 0 Å². The smallest absolute Gasteiger partial charge is 0.260 e. The number of nitrogens with one attached hydrogen (secondary N) is 1. The zero-order valence-corrected chi connectivity index (χ0v) is 22.2. The van der Waals surface area contributed by atoms with Crippen molar-refractivity contribution in [1.82, 2.24) is 19.7 Å². The SMILES string of the molecule is O=C(CCN1C(=O)c2ccccc2N2C(=O)c3ccccc3C12)NCCN1CC2CC(C1)c1cccc(=O)n1C2.